The highest BCUT2D eigenvalue weighted by atomic mass is 16.5. The molecule has 3 aromatic rings. The van der Waals surface area contributed by atoms with Crippen molar-refractivity contribution in [2.75, 3.05) is 37.7 Å². The Hall–Kier alpha value is -2.99. The van der Waals surface area contributed by atoms with Gasteiger partial charge in [0.1, 0.15) is 17.1 Å². The lowest BCUT2D eigenvalue weighted by molar-refractivity contribution is 0.103. The summed E-state index contributed by atoms with van der Waals surface area (Å²) in [5, 5.41) is 0.751. The molecular weight excluding hydrogens is 450 g/mol. The van der Waals surface area contributed by atoms with Crippen molar-refractivity contribution >= 4 is 28.1 Å². The van der Waals surface area contributed by atoms with Crippen LogP contribution in [-0.2, 0) is 6.42 Å². The smallest absolute Gasteiger partial charge is 0.197 e. The number of aryl methyl sites for hydroxylation is 1. The summed E-state index contributed by atoms with van der Waals surface area (Å²) < 4.78 is 12.0. The van der Waals surface area contributed by atoms with Gasteiger partial charge in [0, 0.05) is 29.6 Å². The van der Waals surface area contributed by atoms with E-state index in [1.54, 1.807) is 24.3 Å². The number of carbonyl (C=O) groups excluding carboxylic acids is 1. The maximum absolute atomic E-state index is 13.6. The average Bonchev–Trinajstić information content (AvgIpc) is 3.23. The SMILES string of the molecule is CCCCc1oc2ccc(N)cc2c1C(=O)c1ccc(OCCCN(CCCC)CCCC)c(N)c1. The lowest BCUT2D eigenvalue weighted by Gasteiger charge is -2.22. The van der Waals surface area contributed by atoms with Crippen LogP contribution in [0.2, 0.25) is 0 Å². The van der Waals surface area contributed by atoms with Crippen molar-refractivity contribution in [3.8, 4) is 5.75 Å². The van der Waals surface area contributed by atoms with Gasteiger partial charge in [-0.1, -0.05) is 40.0 Å². The van der Waals surface area contributed by atoms with Crippen LogP contribution in [0, 0.1) is 0 Å². The zero-order chi connectivity index (χ0) is 25.9. The number of unbranched alkanes of at least 4 members (excludes halogenated alkanes) is 3. The van der Waals surface area contributed by atoms with Gasteiger partial charge in [0.05, 0.1) is 17.9 Å². The van der Waals surface area contributed by atoms with Crippen molar-refractivity contribution in [1.82, 2.24) is 4.90 Å². The molecule has 1 aromatic heterocycles. The molecule has 0 saturated heterocycles. The molecule has 0 aliphatic carbocycles. The van der Waals surface area contributed by atoms with Crippen molar-refractivity contribution in [3.63, 3.8) is 0 Å². The van der Waals surface area contributed by atoms with Crippen molar-refractivity contribution in [2.45, 2.75) is 72.1 Å². The number of hydrogen-bond donors (Lipinski definition) is 2. The van der Waals surface area contributed by atoms with Crippen molar-refractivity contribution in [1.29, 1.82) is 0 Å². The topological polar surface area (TPSA) is 94.7 Å². The lowest BCUT2D eigenvalue weighted by atomic mass is 9.97. The quantitative estimate of drug-likeness (QED) is 0.129. The van der Waals surface area contributed by atoms with Gasteiger partial charge in [0.2, 0.25) is 0 Å². The normalized spacial score (nSPS) is 11.4. The third-order valence-corrected chi connectivity index (χ3v) is 6.57. The summed E-state index contributed by atoms with van der Waals surface area (Å²) in [6.07, 6.45) is 8.48. The first-order valence-corrected chi connectivity index (χ1v) is 13.6. The molecule has 36 heavy (non-hydrogen) atoms. The average molecular weight is 494 g/mol. The number of carbonyl (C=O) groups is 1. The van der Waals surface area contributed by atoms with Crippen LogP contribution in [0.3, 0.4) is 0 Å². The molecule has 0 spiro atoms. The fourth-order valence-electron chi connectivity index (χ4n) is 4.46. The Morgan fingerprint density at radius 3 is 2.25 bits per heavy atom. The molecule has 0 bridgehead atoms. The minimum atomic E-state index is -0.105. The van der Waals surface area contributed by atoms with Gasteiger partial charge in [-0.3, -0.25) is 4.79 Å². The van der Waals surface area contributed by atoms with Gasteiger partial charge >= 0.3 is 0 Å². The number of nitrogens with two attached hydrogens (primary N) is 2. The molecule has 0 saturated carbocycles. The summed E-state index contributed by atoms with van der Waals surface area (Å²) in [6.45, 7) is 10.5. The van der Waals surface area contributed by atoms with E-state index in [1.165, 1.54) is 25.7 Å². The van der Waals surface area contributed by atoms with Gasteiger partial charge in [-0.2, -0.15) is 0 Å². The zero-order valence-corrected chi connectivity index (χ0v) is 22.3. The Morgan fingerprint density at radius 2 is 1.58 bits per heavy atom. The molecule has 3 rings (SSSR count). The number of ketones is 1. The number of ether oxygens (including phenoxy) is 1. The molecule has 1 heterocycles. The van der Waals surface area contributed by atoms with Crippen LogP contribution < -0.4 is 16.2 Å². The summed E-state index contributed by atoms with van der Waals surface area (Å²) >= 11 is 0. The Morgan fingerprint density at radius 1 is 0.889 bits per heavy atom. The first-order chi connectivity index (χ1) is 17.5. The van der Waals surface area contributed by atoms with E-state index >= 15 is 0 Å². The van der Waals surface area contributed by atoms with E-state index < -0.39 is 0 Å². The Bertz CT molecular complexity index is 1110. The first-order valence-electron chi connectivity index (χ1n) is 13.6. The van der Waals surface area contributed by atoms with Gasteiger partial charge in [-0.05, 0) is 75.2 Å². The van der Waals surface area contributed by atoms with E-state index in [9.17, 15) is 4.79 Å². The lowest BCUT2D eigenvalue weighted by Crippen LogP contribution is -2.28. The number of fused-ring (bicyclic) bond motifs is 1. The predicted octanol–water partition coefficient (Wildman–Crippen LogP) is 6.84. The number of furan rings is 1. The number of hydrogen-bond acceptors (Lipinski definition) is 6. The minimum Gasteiger partial charge on any atom is -0.491 e. The van der Waals surface area contributed by atoms with Crippen LogP contribution in [0.1, 0.15) is 87.4 Å². The van der Waals surface area contributed by atoms with E-state index in [4.69, 9.17) is 20.6 Å². The highest BCUT2D eigenvalue weighted by Gasteiger charge is 2.22. The monoisotopic (exact) mass is 493 g/mol. The van der Waals surface area contributed by atoms with Gasteiger partial charge < -0.3 is 25.5 Å². The largest absolute Gasteiger partial charge is 0.491 e. The molecule has 4 N–H and O–H groups in total. The number of rotatable bonds is 16. The summed E-state index contributed by atoms with van der Waals surface area (Å²) in [4.78, 5) is 16.1. The van der Waals surface area contributed by atoms with Crippen LogP contribution >= 0.6 is 0 Å². The van der Waals surface area contributed by atoms with Crippen molar-refractivity contribution in [3.05, 3.63) is 53.3 Å². The number of anilines is 2. The van der Waals surface area contributed by atoms with Gasteiger partial charge in [-0.15, -0.1) is 0 Å². The summed E-state index contributed by atoms with van der Waals surface area (Å²) in [7, 11) is 0. The fourth-order valence-corrected chi connectivity index (χ4v) is 4.46. The van der Waals surface area contributed by atoms with Crippen molar-refractivity contribution in [2.24, 2.45) is 0 Å². The second kappa shape index (κ2) is 13.9. The maximum atomic E-state index is 13.6. The molecule has 0 unspecified atom stereocenters. The van der Waals surface area contributed by atoms with Crippen LogP contribution in [0.4, 0.5) is 11.4 Å². The minimum absolute atomic E-state index is 0.105. The Labute approximate surface area is 216 Å². The predicted molar refractivity (Wildman–Crippen MR) is 150 cm³/mol. The highest BCUT2D eigenvalue weighted by Crippen LogP contribution is 2.32. The molecule has 6 heteroatoms. The van der Waals surface area contributed by atoms with Gasteiger partial charge in [-0.25, -0.2) is 0 Å². The van der Waals surface area contributed by atoms with Crippen LogP contribution in [0.5, 0.6) is 5.75 Å². The van der Waals surface area contributed by atoms with E-state index in [-0.39, 0.29) is 5.78 Å². The molecule has 0 amide bonds. The van der Waals surface area contributed by atoms with Crippen LogP contribution in [-0.4, -0.2) is 36.9 Å². The number of benzene rings is 2. The van der Waals surface area contributed by atoms with Crippen molar-refractivity contribution < 1.29 is 13.9 Å². The molecule has 0 fully saturated rings. The molecule has 0 aliphatic heterocycles. The number of nitrogen functional groups attached to an aromatic ring is 2. The summed E-state index contributed by atoms with van der Waals surface area (Å²) in [5.74, 6) is 1.22. The maximum Gasteiger partial charge on any atom is 0.197 e. The standard InChI is InChI=1S/C30H43N3O3/c1-4-7-11-28-29(24-21-23(31)13-15-26(24)36-28)30(34)22-12-14-27(25(32)20-22)35-19-10-18-33(16-8-5-2)17-9-6-3/h12-15,20-21H,4-11,16-19,31-32H2,1-3H3. The van der Waals surface area contributed by atoms with E-state index in [2.05, 4.69) is 25.7 Å². The third-order valence-electron chi connectivity index (χ3n) is 6.57. The Balaban J connectivity index is 1.69. The summed E-state index contributed by atoms with van der Waals surface area (Å²) in [6, 6.07) is 10.7. The van der Waals surface area contributed by atoms with Gasteiger partial charge in [0.15, 0.2) is 5.78 Å². The van der Waals surface area contributed by atoms with E-state index in [0.717, 1.165) is 44.3 Å². The van der Waals surface area contributed by atoms with E-state index in [1.807, 2.05) is 12.1 Å². The van der Waals surface area contributed by atoms with E-state index in [0.29, 0.717) is 52.6 Å². The summed E-state index contributed by atoms with van der Waals surface area (Å²) in [5.41, 5.74) is 15.2. The molecular formula is C30H43N3O3. The molecule has 0 radical (unpaired) electrons. The fraction of sp³-hybridized carbons (Fsp3) is 0.500. The highest BCUT2D eigenvalue weighted by molar-refractivity contribution is 6.17. The molecule has 196 valence electrons. The van der Waals surface area contributed by atoms with Gasteiger partial charge in [0.25, 0.3) is 0 Å². The first kappa shape index (κ1) is 27.6. The number of nitrogens with zero attached hydrogens (tertiary/aromatic N) is 1. The van der Waals surface area contributed by atoms with Crippen LogP contribution in [0.25, 0.3) is 11.0 Å². The Kier molecular flexibility index (Phi) is 10.7. The molecule has 2 aromatic carbocycles. The molecule has 6 nitrogen and oxygen atoms in total. The third kappa shape index (κ3) is 7.26. The molecule has 0 aliphatic rings. The van der Waals surface area contributed by atoms with Crippen LogP contribution in [0.15, 0.2) is 40.8 Å². The zero-order valence-electron chi connectivity index (χ0n) is 22.3. The second-order valence-corrected chi connectivity index (χ2v) is 9.59. The molecule has 0 atom stereocenters. The second-order valence-electron chi connectivity index (χ2n) is 9.59.